The summed E-state index contributed by atoms with van der Waals surface area (Å²) in [4.78, 5) is 11.9. The molecule has 1 aromatic carbocycles. The number of anilines is 1. The van der Waals surface area contributed by atoms with E-state index in [0.29, 0.717) is 5.69 Å². The number of rotatable bonds is 3. The summed E-state index contributed by atoms with van der Waals surface area (Å²) in [5.41, 5.74) is 7.77. The summed E-state index contributed by atoms with van der Waals surface area (Å²) in [6.07, 6.45) is 1.38. The molecule has 102 valence electrons. The lowest BCUT2D eigenvalue weighted by molar-refractivity contribution is -0.116. The van der Waals surface area contributed by atoms with Gasteiger partial charge in [-0.15, -0.1) is 5.10 Å². The number of aromatic nitrogens is 4. The van der Waals surface area contributed by atoms with Gasteiger partial charge in [-0.05, 0) is 35.0 Å². The van der Waals surface area contributed by atoms with E-state index in [0.717, 1.165) is 11.1 Å². The fraction of sp³-hybridized carbons (Fsp3) is 0.231. The lowest BCUT2D eigenvalue weighted by Gasteiger charge is -2.08. The van der Waals surface area contributed by atoms with E-state index in [1.54, 1.807) is 0 Å². The smallest absolute Gasteiger partial charge is 0.246 e. The molecule has 0 aliphatic heterocycles. The Morgan fingerprint density at radius 2 is 2.35 bits per heavy atom. The third-order valence-corrected chi connectivity index (χ3v) is 2.47. The monoisotopic (exact) mass is 270 g/mol. The van der Waals surface area contributed by atoms with Crippen LogP contribution in [0.2, 0.25) is 0 Å². The Kier molecular flexibility index (Phi) is 4.42. The maximum absolute atomic E-state index is 11.9. The van der Waals surface area contributed by atoms with Gasteiger partial charge in [0.2, 0.25) is 5.91 Å². The molecule has 1 aromatic heterocycles. The van der Waals surface area contributed by atoms with Crippen LogP contribution in [0.15, 0.2) is 24.5 Å². The van der Waals surface area contributed by atoms with Gasteiger partial charge in [-0.1, -0.05) is 17.9 Å². The number of benzene rings is 1. The number of carbonyl (C=O) groups is 1. The van der Waals surface area contributed by atoms with Gasteiger partial charge in [0.05, 0.1) is 12.2 Å². The zero-order valence-corrected chi connectivity index (χ0v) is 11.0. The highest BCUT2D eigenvalue weighted by Crippen LogP contribution is 2.16. The lowest BCUT2D eigenvalue weighted by Crippen LogP contribution is -2.19. The van der Waals surface area contributed by atoms with Crippen LogP contribution in [0.5, 0.6) is 0 Å². The van der Waals surface area contributed by atoms with E-state index in [1.807, 2.05) is 25.1 Å². The first-order chi connectivity index (χ1) is 9.69. The fourth-order valence-electron chi connectivity index (χ4n) is 1.61. The van der Waals surface area contributed by atoms with E-state index in [4.69, 9.17) is 5.73 Å². The molecule has 1 amide bonds. The topological polar surface area (TPSA) is 98.7 Å². The van der Waals surface area contributed by atoms with Crippen LogP contribution in [-0.4, -0.2) is 32.7 Å². The van der Waals surface area contributed by atoms with Crippen molar-refractivity contribution in [3.8, 4) is 11.8 Å². The molecular formula is C13H14N6O. The molecule has 2 rings (SSSR count). The highest BCUT2D eigenvalue weighted by Gasteiger charge is 2.07. The van der Waals surface area contributed by atoms with Gasteiger partial charge >= 0.3 is 0 Å². The summed E-state index contributed by atoms with van der Waals surface area (Å²) < 4.78 is 1.34. The van der Waals surface area contributed by atoms with Gasteiger partial charge in [0.1, 0.15) is 12.9 Å². The van der Waals surface area contributed by atoms with Crippen molar-refractivity contribution in [2.24, 2.45) is 5.73 Å². The first kappa shape index (κ1) is 13.7. The summed E-state index contributed by atoms with van der Waals surface area (Å²) >= 11 is 0. The number of nitrogens with two attached hydrogens (primary N) is 1. The number of hydrogen-bond donors (Lipinski definition) is 2. The Morgan fingerprint density at radius 3 is 3.05 bits per heavy atom. The van der Waals surface area contributed by atoms with E-state index in [1.165, 1.54) is 11.0 Å². The number of aryl methyl sites for hydroxylation is 1. The van der Waals surface area contributed by atoms with Crippen LogP contribution in [-0.2, 0) is 11.3 Å². The predicted octanol–water partition coefficient (Wildman–Crippen LogP) is -0.0696. The maximum Gasteiger partial charge on any atom is 0.246 e. The molecule has 0 spiro atoms. The quantitative estimate of drug-likeness (QED) is 0.761. The van der Waals surface area contributed by atoms with E-state index >= 15 is 0 Å². The number of amides is 1. The largest absolute Gasteiger partial charge is 0.323 e. The van der Waals surface area contributed by atoms with Crippen molar-refractivity contribution in [2.75, 3.05) is 11.9 Å². The molecule has 0 radical (unpaired) electrons. The first-order valence-electron chi connectivity index (χ1n) is 5.99. The predicted molar refractivity (Wildman–Crippen MR) is 73.6 cm³/mol. The zero-order chi connectivity index (χ0) is 14.4. The third kappa shape index (κ3) is 3.63. The average molecular weight is 270 g/mol. The number of hydrogen-bond acceptors (Lipinski definition) is 5. The molecular weight excluding hydrogens is 256 g/mol. The van der Waals surface area contributed by atoms with Crippen LogP contribution in [0.4, 0.5) is 5.69 Å². The van der Waals surface area contributed by atoms with Gasteiger partial charge in [0, 0.05) is 5.56 Å². The van der Waals surface area contributed by atoms with E-state index < -0.39 is 0 Å². The van der Waals surface area contributed by atoms with Crippen molar-refractivity contribution >= 4 is 11.6 Å². The molecule has 0 unspecified atom stereocenters. The fourth-order valence-corrected chi connectivity index (χ4v) is 1.61. The standard InChI is InChI=1S/C13H14N6O/c1-10-4-5-11(3-2-6-14)12(7-10)16-13(20)8-19-9-15-17-18-19/h4-5,7,9H,6,8,14H2,1H3,(H,16,20). The van der Waals surface area contributed by atoms with Crippen LogP contribution < -0.4 is 11.1 Å². The Bertz CT molecular complexity index is 653. The van der Waals surface area contributed by atoms with E-state index in [-0.39, 0.29) is 19.0 Å². The van der Waals surface area contributed by atoms with Gasteiger partial charge < -0.3 is 11.1 Å². The molecule has 2 aromatic rings. The normalized spacial score (nSPS) is 9.70. The summed E-state index contributed by atoms with van der Waals surface area (Å²) in [5.74, 6) is 5.48. The SMILES string of the molecule is Cc1ccc(C#CCN)c(NC(=O)Cn2cnnn2)c1. The molecule has 0 atom stereocenters. The van der Waals surface area contributed by atoms with Crippen LogP contribution in [0.25, 0.3) is 0 Å². The molecule has 3 N–H and O–H groups in total. The van der Waals surface area contributed by atoms with Crippen molar-refractivity contribution in [3.63, 3.8) is 0 Å². The summed E-state index contributed by atoms with van der Waals surface area (Å²) in [6, 6.07) is 5.64. The molecule has 1 heterocycles. The Hall–Kier alpha value is -2.72. The van der Waals surface area contributed by atoms with E-state index in [9.17, 15) is 4.79 Å². The van der Waals surface area contributed by atoms with Crippen LogP contribution in [0.1, 0.15) is 11.1 Å². The molecule has 0 fully saturated rings. The number of tetrazole rings is 1. The molecule has 0 aliphatic carbocycles. The van der Waals surface area contributed by atoms with Crippen LogP contribution in [0, 0.1) is 18.8 Å². The lowest BCUT2D eigenvalue weighted by atomic mass is 10.1. The Labute approximate surface area is 116 Å². The van der Waals surface area contributed by atoms with Gasteiger partial charge in [0.25, 0.3) is 0 Å². The van der Waals surface area contributed by atoms with Gasteiger partial charge in [-0.25, -0.2) is 4.68 Å². The molecule has 0 saturated heterocycles. The van der Waals surface area contributed by atoms with Crippen molar-refractivity contribution in [2.45, 2.75) is 13.5 Å². The molecule has 20 heavy (non-hydrogen) atoms. The average Bonchev–Trinajstić information content (AvgIpc) is 2.90. The summed E-state index contributed by atoms with van der Waals surface area (Å²) in [6.45, 7) is 2.26. The maximum atomic E-state index is 11.9. The molecule has 0 aliphatic rings. The minimum absolute atomic E-state index is 0.0463. The van der Waals surface area contributed by atoms with Crippen molar-refractivity contribution in [1.29, 1.82) is 0 Å². The number of carbonyl (C=O) groups excluding carboxylic acids is 1. The van der Waals surface area contributed by atoms with Crippen molar-refractivity contribution < 1.29 is 4.79 Å². The van der Waals surface area contributed by atoms with Gasteiger partial charge in [0.15, 0.2) is 0 Å². The Balaban J connectivity index is 2.15. The second-order valence-corrected chi connectivity index (χ2v) is 4.11. The van der Waals surface area contributed by atoms with Gasteiger partial charge in [-0.3, -0.25) is 4.79 Å². The molecule has 0 saturated carbocycles. The zero-order valence-electron chi connectivity index (χ0n) is 11.0. The van der Waals surface area contributed by atoms with Crippen molar-refractivity contribution in [3.05, 3.63) is 35.7 Å². The molecule has 7 nitrogen and oxygen atoms in total. The Morgan fingerprint density at radius 1 is 1.50 bits per heavy atom. The second kappa shape index (κ2) is 6.45. The summed E-state index contributed by atoms with van der Waals surface area (Å²) in [5, 5.41) is 13.4. The first-order valence-corrected chi connectivity index (χ1v) is 5.99. The highest BCUT2D eigenvalue weighted by molar-refractivity contribution is 5.92. The van der Waals surface area contributed by atoms with Crippen molar-refractivity contribution in [1.82, 2.24) is 20.2 Å². The summed E-state index contributed by atoms with van der Waals surface area (Å²) in [7, 11) is 0. The minimum Gasteiger partial charge on any atom is -0.323 e. The van der Waals surface area contributed by atoms with Gasteiger partial charge in [-0.2, -0.15) is 0 Å². The highest BCUT2D eigenvalue weighted by atomic mass is 16.2. The molecule has 7 heteroatoms. The minimum atomic E-state index is -0.223. The molecule has 0 bridgehead atoms. The third-order valence-electron chi connectivity index (χ3n) is 2.47. The number of nitrogens with zero attached hydrogens (tertiary/aromatic N) is 4. The van der Waals surface area contributed by atoms with Crippen LogP contribution >= 0.6 is 0 Å². The van der Waals surface area contributed by atoms with Crippen LogP contribution in [0.3, 0.4) is 0 Å². The number of nitrogens with one attached hydrogen (secondary N) is 1. The second-order valence-electron chi connectivity index (χ2n) is 4.11. The van der Waals surface area contributed by atoms with E-state index in [2.05, 4.69) is 32.7 Å².